The average Bonchev–Trinajstić information content (AvgIpc) is 2.85. The van der Waals surface area contributed by atoms with Gasteiger partial charge in [-0.1, -0.05) is 31.5 Å². The van der Waals surface area contributed by atoms with E-state index in [4.69, 9.17) is 0 Å². The molecule has 0 aliphatic heterocycles. The second-order valence-corrected chi connectivity index (χ2v) is 5.23. The summed E-state index contributed by atoms with van der Waals surface area (Å²) in [4.78, 5) is 4.52. The van der Waals surface area contributed by atoms with Crippen LogP contribution >= 0.6 is 0 Å². The van der Waals surface area contributed by atoms with Gasteiger partial charge in [-0.25, -0.2) is 4.98 Å². The first-order valence-corrected chi connectivity index (χ1v) is 6.96. The first kappa shape index (κ1) is 13.8. The fourth-order valence-electron chi connectivity index (χ4n) is 2.18. The third-order valence-electron chi connectivity index (χ3n) is 3.26. The fraction of sp³-hybridized carbons (Fsp3) is 0.438. The Bertz CT molecular complexity index is 541. The van der Waals surface area contributed by atoms with Gasteiger partial charge in [-0.2, -0.15) is 0 Å². The van der Waals surface area contributed by atoms with Gasteiger partial charge in [0.15, 0.2) is 0 Å². The van der Waals surface area contributed by atoms with Gasteiger partial charge in [0.25, 0.3) is 0 Å². The monoisotopic (exact) mass is 257 g/mol. The normalized spacial score (nSPS) is 11.2. The Labute approximate surface area is 115 Å². The van der Waals surface area contributed by atoms with Crippen molar-refractivity contribution in [1.82, 2.24) is 14.9 Å². The third-order valence-corrected chi connectivity index (χ3v) is 3.26. The van der Waals surface area contributed by atoms with E-state index in [1.165, 1.54) is 16.7 Å². The second-order valence-electron chi connectivity index (χ2n) is 5.23. The summed E-state index contributed by atoms with van der Waals surface area (Å²) in [6, 6.07) is 7.08. The summed E-state index contributed by atoms with van der Waals surface area (Å²) in [6.07, 6.45) is 3.91. The van der Waals surface area contributed by atoms with Gasteiger partial charge >= 0.3 is 0 Å². The highest BCUT2D eigenvalue weighted by atomic mass is 15.1. The molecule has 2 aromatic rings. The zero-order valence-electron chi connectivity index (χ0n) is 12.3. The number of nitrogens with zero attached hydrogens (tertiary/aromatic N) is 2. The van der Waals surface area contributed by atoms with Crippen molar-refractivity contribution in [1.29, 1.82) is 0 Å². The van der Waals surface area contributed by atoms with Crippen molar-refractivity contribution in [2.24, 2.45) is 0 Å². The molecule has 3 nitrogen and oxygen atoms in total. The van der Waals surface area contributed by atoms with E-state index < -0.39 is 0 Å². The molecular formula is C16H23N3. The van der Waals surface area contributed by atoms with Crippen LogP contribution in [0.25, 0.3) is 11.4 Å². The molecule has 1 N–H and O–H groups in total. The van der Waals surface area contributed by atoms with Crippen molar-refractivity contribution >= 4 is 0 Å². The van der Waals surface area contributed by atoms with Gasteiger partial charge in [-0.15, -0.1) is 0 Å². The van der Waals surface area contributed by atoms with Crippen LogP contribution < -0.4 is 5.32 Å². The molecule has 1 aromatic heterocycles. The third kappa shape index (κ3) is 3.24. The number of imidazole rings is 1. The van der Waals surface area contributed by atoms with E-state index in [1.807, 2.05) is 12.4 Å². The first-order chi connectivity index (χ1) is 9.11. The molecule has 0 saturated heterocycles. The highest BCUT2D eigenvalue weighted by Crippen LogP contribution is 2.24. The predicted molar refractivity (Wildman–Crippen MR) is 80.0 cm³/mol. The van der Waals surface area contributed by atoms with Crippen molar-refractivity contribution in [3.8, 4) is 11.4 Å². The number of rotatable bonds is 5. The first-order valence-electron chi connectivity index (χ1n) is 6.96. The van der Waals surface area contributed by atoms with Crippen LogP contribution in [0.1, 0.15) is 31.9 Å². The maximum absolute atomic E-state index is 4.52. The molecule has 1 heterocycles. The lowest BCUT2D eigenvalue weighted by Crippen LogP contribution is -2.22. The van der Waals surface area contributed by atoms with E-state index in [0.717, 1.165) is 18.9 Å². The summed E-state index contributed by atoms with van der Waals surface area (Å²) in [6.45, 7) is 10.4. The maximum Gasteiger partial charge on any atom is 0.140 e. The van der Waals surface area contributed by atoms with E-state index in [1.54, 1.807) is 0 Å². The molecule has 1 aromatic carbocycles. The van der Waals surface area contributed by atoms with Gasteiger partial charge in [0.2, 0.25) is 0 Å². The smallest absolute Gasteiger partial charge is 0.140 e. The molecule has 0 atom stereocenters. The Morgan fingerprint density at radius 1 is 1.32 bits per heavy atom. The quantitative estimate of drug-likeness (QED) is 0.890. The number of benzene rings is 1. The largest absolute Gasteiger partial charge is 0.331 e. The zero-order valence-corrected chi connectivity index (χ0v) is 12.3. The maximum atomic E-state index is 4.52. The predicted octanol–water partition coefficient (Wildman–Crippen LogP) is 3.38. The van der Waals surface area contributed by atoms with Crippen LogP contribution in [0.15, 0.2) is 30.6 Å². The van der Waals surface area contributed by atoms with Gasteiger partial charge in [0.1, 0.15) is 5.82 Å². The van der Waals surface area contributed by atoms with Crippen molar-refractivity contribution < 1.29 is 0 Å². The van der Waals surface area contributed by atoms with Crippen molar-refractivity contribution in [2.45, 2.75) is 46.8 Å². The number of hydrogen-bond acceptors (Lipinski definition) is 2. The number of nitrogens with one attached hydrogen (secondary N) is 1. The zero-order chi connectivity index (χ0) is 13.8. The topological polar surface area (TPSA) is 29.9 Å². The lowest BCUT2D eigenvalue weighted by molar-refractivity contribution is 0.589. The van der Waals surface area contributed by atoms with Crippen LogP contribution in [0, 0.1) is 6.92 Å². The van der Waals surface area contributed by atoms with Crippen molar-refractivity contribution in [3.63, 3.8) is 0 Å². The van der Waals surface area contributed by atoms with Gasteiger partial charge in [-0.05, 0) is 25.5 Å². The van der Waals surface area contributed by atoms with Crippen LogP contribution in [0.2, 0.25) is 0 Å². The number of aromatic nitrogens is 2. The molecule has 0 bridgehead atoms. The fourth-order valence-corrected chi connectivity index (χ4v) is 2.18. The minimum Gasteiger partial charge on any atom is -0.331 e. The molecule has 102 valence electrons. The Morgan fingerprint density at radius 3 is 2.79 bits per heavy atom. The molecule has 2 rings (SSSR count). The van der Waals surface area contributed by atoms with Gasteiger partial charge in [0.05, 0.1) is 0 Å². The van der Waals surface area contributed by atoms with Gasteiger partial charge in [0, 0.05) is 37.1 Å². The summed E-state index contributed by atoms with van der Waals surface area (Å²) in [5.41, 5.74) is 3.81. The average molecular weight is 257 g/mol. The highest BCUT2D eigenvalue weighted by molar-refractivity contribution is 5.62. The molecule has 19 heavy (non-hydrogen) atoms. The lowest BCUT2D eigenvalue weighted by Gasteiger charge is -2.14. The molecule has 0 amide bonds. The van der Waals surface area contributed by atoms with Crippen molar-refractivity contribution in [2.75, 3.05) is 0 Å². The standard InChI is InChI=1S/C16H23N3/c1-5-19-9-8-17-16(19)15-10-13(4)6-7-14(15)11-18-12(2)3/h6-10,12,18H,5,11H2,1-4H3. The SMILES string of the molecule is CCn1ccnc1-c1cc(C)ccc1CNC(C)C. The molecule has 0 spiro atoms. The molecular weight excluding hydrogens is 234 g/mol. The highest BCUT2D eigenvalue weighted by Gasteiger charge is 2.10. The van der Waals surface area contributed by atoms with Crippen LogP contribution in [-0.2, 0) is 13.1 Å². The second kappa shape index (κ2) is 6.02. The number of hydrogen-bond donors (Lipinski definition) is 1. The minimum atomic E-state index is 0.486. The van der Waals surface area contributed by atoms with Crippen LogP contribution in [0.4, 0.5) is 0 Å². The van der Waals surface area contributed by atoms with Crippen LogP contribution in [-0.4, -0.2) is 15.6 Å². The van der Waals surface area contributed by atoms with Crippen molar-refractivity contribution in [3.05, 3.63) is 41.7 Å². The summed E-state index contributed by atoms with van der Waals surface area (Å²) < 4.78 is 2.19. The molecule has 0 unspecified atom stereocenters. The summed E-state index contributed by atoms with van der Waals surface area (Å²) in [5, 5.41) is 3.48. The van der Waals surface area contributed by atoms with E-state index >= 15 is 0 Å². The minimum absolute atomic E-state index is 0.486. The molecule has 0 aliphatic rings. The molecule has 0 radical (unpaired) electrons. The Hall–Kier alpha value is -1.61. The van der Waals surface area contributed by atoms with Crippen LogP contribution in [0.3, 0.4) is 0 Å². The van der Waals surface area contributed by atoms with Gasteiger partial charge in [-0.3, -0.25) is 0 Å². The lowest BCUT2D eigenvalue weighted by atomic mass is 10.0. The Balaban J connectivity index is 2.40. The molecule has 0 fully saturated rings. The Kier molecular flexibility index (Phi) is 4.38. The number of aryl methyl sites for hydroxylation is 2. The van der Waals surface area contributed by atoms with E-state index in [2.05, 4.69) is 60.8 Å². The molecule has 3 heteroatoms. The van der Waals surface area contributed by atoms with Gasteiger partial charge < -0.3 is 9.88 Å². The summed E-state index contributed by atoms with van der Waals surface area (Å²) >= 11 is 0. The van der Waals surface area contributed by atoms with E-state index in [-0.39, 0.29) is 0 Å². The summed E-state index contributed by atoms with van der Waals surface area (Å²) in [5.74, 6) is 1.06. The summed E-state index contributed by atoms with van der Waals surface area (Å²) in [7, 11) is 0. The molecule has 0 aliphatic carbocycles. The molecule has 0 saturated carbocycles. The Morgan fingerprint density at radius 2 is 2.11 bits per heavy atom. The van der Waals surface area contributed by atoms with Crippen LogP contribution in [0.5, 0.6) is 0 Å². The van der Waals surface area contributed by atoms with E-state index in [0.29, 0.717) is 6.04 Å². The van der Waals surface area contributed by atoms with E-state index in [9.17, 15) is 0 Å².